The number of anilines is 2. The Kier molecular flexibility index (Phi) is 8.42. The van der Waals surface area contributed by atoms with Gasteiger partial charge in [0, 0.05) is 61.1 Å². The number of carbonyl (C=O) groups is 2. The monoisotopic (exact) mass is 546 g/mol. The minimum atomic E-state index is -0.623. The fraction of sp³-hybridized carbons (Fsp3) is 0.280. The lowest BCUT2D eigenvalue weighted by Gasteiger charge is -2.32. The largest absolute Gasteiger partial charge is 0.485 e. The van der Waals surface area contributed by atoms with E-state index in [0.29, 0.717) is 24.3 Å². The number of halogens is 3. The van der Waals surface area contributed by atoms with Crippen molar-refractivity contribution in [2.45, 2.75) is 6.61 Å². The summed E-state index contributed by atoms with van der Waals surface area (Å²) in [5, 5.41) is 13.6. The van der Waals surface area contributed by atoms with Crippen LogP contribution in [0.5, 0.6) is 5.75 Å². The third-order valence-corrected chi connectivity index (χ3v) is 6.68. The zero-order valence-electron chi connectivity index (χ0n) is 20.2. The minimum Gasteiger partial charge on any atom is -0.485 e. The van der Waals surface area contributed by atoms with Crippen LogP contribution in [0.2, 0.25) is 10.0 Å². The fourth-order valence-electron chi connectivity index (χ4n) is 3.70. The summed E-state index contributed by atoms with van der Waals surface area (Å²) in [7, 11) is 3.64. The number of likely N-dealkylation sites (N-methyl/N-ethyl adjacent to an activating group) is 1. The molecule has 2 heterocycles. The molecule has 1 aromatic heterocycles. The molecule has 4 rings (SSSR count). The van der Waals surface area contributed by atoms with Crippen molar-refractivity contribution in [1.82, 2.24) is 20.0 Å². The third kappa shape index (κ3) is 6.27. The molecule has 0 atom stereocenters. The molecule has 1 aliphatic heterocycles. The van der Waals surface area contributed by atoms with Gasteiger partial charge >= 0.3 is 0 Å². The second-order valence-corrected chi connectivity index (χ2v) is 9.21. The quantitative estimate of drug-likeness (QED) is 0.428. The maximum Gasteiger partial charge on any atom is 0.276 e. The zero-order valence-corrected chi connectivity index (χ0v) is 21.7. The molecule has 0 bridgehead atoms. The standard InChI is InChI=1S/C25H25Cl2FN6O3/c1-29-23-21(37-14-17-18(26)7-8-19(28)22(17)27)13-20(31-32-23)24(35)30-16-5-3-15(4-6-16)25(36)34-11-9-33(2)10-12-34/h3-8,13H,9-12,14H2,1-2H3,(H,29,32)(H,30,35). The topological polar surface area (TPSA) is 99.7 Å². The van der Waals surface area contributed by atoms with Crippen LogP contribution < -0.4 is 15.4 Å². The van der Waals surface area contributed by atoms with Crippen LogP contribution in [-0.4, -0.2) is 72.1 Å². The molecule has 194 valence electrons. The lowest BCUT2D eigenvalue weighted by atomic mass is 10.1. The van der Waals surface area contributed by atoms with Gasteiger partial charge in [0.25, 0.3) is 11.8 Å². The molecule has 2 amide bonds. The number of nitrogens with zero attached hydrogens (tertiary/aromatic N) is 4. The number of rotatable bonds is 7. The molecule has 1 fully saturated rings. The van der Waals surface area contributed by atoms with Crippen LogP contribution in [0.1, 0.15) is 26.4 Å². The average molecular weight is 547 g/mol. The van der Waals surface area contributed by atoms with E-state index < -0.39 is 11.7 Å². The molecule has 0 unspecified atom stereocenters. The number of hydrogen-bond acceptors (Lipinski definition) is 7. The van der Waals surface area contributed by atoms with Gasteiger partial charge in [0.2, 0.25) is 0 Å². The predicted octanol–water partition coefficient (Wildman–Crippen LogP) is 4.18. The summed E-state index contributed by atoms with van der Waals surface area (Å²) < 4.78 is 19.6. The zero-order chi connectivity index (χ0) is 26.5. The van der Waals surface area contributed by atoms with Crippen molar-refractivity contribution < 1.29 is 18.7 Å². The molecule has 9 nitrogen and oxygen atoms in total. The van der Waals surface area contributed by atoms with Crippen molar-refractivity contribution >= 4 is 46.5 Å². The molecular weight excluding hydrogens is 522 g/mol. The van der Waals surface area contributed by atoms with Crippen molar-refractivity contribution in [1.29, 1.82) is 0 Å². The summed E-state index contributed by atoms with van der Waals surface area (Å²) in [6.07, 6.45) is 0. The lowest BCUT2D eigenvalue weighted by molar-refractivity contribution is 0.0664. The number of aromatic nitrogens is 2. The lowest BCUT2D eigenvalue weighted by Crippen LogP contribution is -2.47. The molecule has 12 heteroatoms. The molecule has 1 saturated heterocycles. The summed E-state index contributed by atoms with van der Waals surface area (Å²) in [4.78, 5) is 29.6. The highest BCUT2D eigenvalue weighted by Crippen LogP contribution is 2.30. The molecule has 0 aliphatic carbocycles. The van der Waals surface area contributed by atoms with Gasteiger partial charge < -0.3 is 25.2 Å². The Labute approximate surface area is 223 Å². The first kappa shape index (κ1) is 26.6. The van der Waals surface area contributed by atoms with E-state index in [1.807, 2.05) is 11.9 Å². The van der Waals surface area contributed by atoms with Crippen LogP contribution in [0.3, 0.4) is 0 Å². The van der Waals surface area contributed by atoms with Crippen molar-refractivity contribution in [2.24, 2.45) is 0 Å². The van der Waals surface area contributed by atoms with E-state index >= 15 is 0 Å². The molecule has 0 saturated carbocycles. The van der Waals surface area contributed by atoms with Crippen LogP contribution in [0, 0.1) is 5.82 Å². The van der Waals surface area contributed by atoms with Crippen LogP contribution in [-0.2, 0) is 6.61 Å². The van der Waals surface area contributed by atoms with Gasteiger partial charge in [0.1, 0.15) is 12.4 Å². The third-order valence-electron chi connectivity index (χ3n) is 5.92. The average Bonchev–Trinajstić information content (AvgIpc) is 2.91. The number of carbonyl (C=O) groups excluding carboxylic acids is 2. The van der Waals surface area contributed by atoms with E-state index in [2.05, 4.69) is 25.7 Å². The molecule has 0 spiro atoms. The summed E-state index contributed by atoms with van der Waals surface area (Å²) in [6.45, 7) is 2.87. The molecule has 1 aliphatic rings. The van der Waals surface area contributed by atoms with Gasteiger partial charge in [-0.15, -0.1) is 10.2 Å². The van der Waals surface area contributed by atoms with Crippen molar-refractivity contribution in [2.75, 3.05) is 50.9 Å². The number of ether oxygens (including phenoxy) is 1. The van der Waals surface area contributed by atoms with Crippen LogP contribution >= 0.6 is 23.2 Å². The number of benzene rings is 2. The molecule has 2 N–H and O–H groups in total. The molecule has 3 aromatic rings. The summed E-state index contributed by atoms with van der Waals surface area (Å²) >= 11 is 12.1. The first-order valence-corrected chi connectivity index (χ1v) is 12.2. The number of hydrogen-bond donors (Lipinski definition) is 2. The number of amides is 2. The van der Waals surface area contributed by atoms with Crippen LogP contribution in [0.4, 0.5) is 15.9 Å². The molecule has 2 aromatic carbocycles. The van der Waals surface area contributed by atoms with E-state index in [-0.39, 0.29) is 45.4 Å². The smallest absolute Gasteiger partial charge is 0.276 e. The second kappa shape index (κ2) is 11.7. The summed E-state index contributed by atoms with van der Waals surface area (Å²) in [6, 6.07) is 10.6. The molecule has 0 radical (unpaired) electrons. The summed E-state index contributed by atoms with van der Waals surface area (Å²) in [5.41, 5.74) is 1.29. The highest BCUT2D eigenvalue weighted by atomic mass is 35.5. The highest BCUT2D eigenvalue weighted by Gasteiger charge is 2.21. The van der Waals surface area contributed by atoms with E-state index in [1.54, 1.807) is 31.3 Å². The Bertz CT molecular complexity index is 1300. The first-order chi connectivity index (χ1) is 17.8. The van der Waals surface area contributed by atoms with Crippen molar-refractivity contribution in [3.05, 3.63) is 75.1 Å². The Hall–Kier alpha value is -3.47. The van der Waals surface area contributed by atoms with Crippen LogP contribution in [0.15, 0.2) is 42.5 Å². The van der Waals surface area contributed by atoms with Gasteiger partial charge in [0.05, 0.1) is 5.02 Å². The minimum absolute atomic E-state index is 0.0111. The molecular formula is C25H25Cl2FN6O3. The predicted molar refractivity (Wildman–Crippen MR) is 140 cm³/mol. The van der Waals surface area contributed by atoms with Gasteiger partial charge in [-0.1, -0.05) is 23.2 Å². The van der Waals surface area contributed by atoms with E-state index in [9.17, 15) is 14.0 Å². The Morgan fingerprint density at radius 1 is 1.05 bits per heavy atom. The fourth-order valence-corrected chi connectivity index (χ4v) is 4.18. The Balaban J connectivity index is 1.43. The van der Waals surface area contributed by atoms with Crippen molar-refractivity contribution in [3.63, 3.8) is 0 Å². The maximum atomic E-state index is 13.8. The van der Waals surface area contributed by atoms with Crippen LogP contribution in [0.25, 0.3) is 0 Å². The van der Waals surface area contributed by atoms with E-state index in [0.717, 1.165) is 13.1 Å². The number of nitrogens with one attached hydrogen (secondary N) is 2. The SMILES string of the molecule is CNc1nnc(C(=O)Nc2ccc(C(=O)N3CCN(C)CC3)cc2)cc1OCc1c(Cl)ccc(F)c1Cl. The highest BCUT2D eigenvalue weighted by molar-refractivity contribution is 6.36. The Morgan fingerprint density at radius 2 is 1.76 bits per heavy atom. The van der Waals surface area contributed by atoms with Crippen molar-refractivity contribution in [3.8, 4) is 5.75 Å². The summed E-state index contributed by atoms with van der Waals surface area (Å²) in [5.74, 6) is -0.721. The van der Waals surface area contributed by atoms with Gasteiger partial charge in [-0.05, 0) is 43.4 Å². The van der Waals surface area contributed by atoms with E-state index in [4.69, 9.17) is 27.9 Å². The maximum absolute atomic E-state index is 13.8. The van der Waals surface area contributed by atoms with E-state index in [1.165, 1.54) is 18.2 Å². The van der Waals surface area contributed by atoms with Gasteiger partial charge in [0.15, 0.2) is 17.3 Å². The normalized spacial score (nSPS) is 13.8. The first-order valence-electron chi connectivity index (χ1n) is 11.5. The Morgan fingerprint density at radius 3 is 2.43 bits per heavy atom. The van der Waals surface area contributed by atoms with Gasteiger partial charge in [-0.25, -0.2) is 4.39 Å². The molecule has 37 heavy (non-hydrogen) atoms. The van der Waals surface area contributed by atoms with Gasteiger partial charge in [-0.3, -0.25) is 9.59 Å². The second-order valence-electron chi connectivity index (χ2n) is 8.43. The number of piperazine rings is 1. The van der Waals surface area contributed by atoms with Gasteiger partial charge in [-0.2, -0.15) is 0 Å².